The zero-order chi connectivity index (χ0) is 9.52. The highest BCUT2D eigenvalue weighted by Crippen LogP contribution is 2.18. The number of nitrogens with zero attached hydrogens (tertiary/aromatic N) is 1. The number of halogens is 1. The Kier molecular flexibility index (Phi) is 4.57. The van der Waals surface area contributed by atoms with Crippen LogP contribution in [0.25, 0.3) is 0 Å². The Bertz CT molecular complexity index is 255. The van der Waals surface area contributed by atoms with E-state index in [2.05, 4.69) is 10.3 Å². The number of hydrogen-bond acceptors (Lipinski definition) is 3. The molecule has 1 aromatic rings. The number of nitrogens with one attached hydrogen (secondary N) is 1. The normalized spacial score (nSPS) is 10.0. The molecule has 0 atom stereocenters. The summed E-state index contributed by atoms with van der Waals surface area (Å²) < 4.78 is 4.92. The lowest BCUT2D eigenvalue weighted by Gasteiger charge is -2.06. The van der Waals surface area contributed by atoms with Crippen LogP contribution in [0, 0.1) is 0 Å². The van der Waals surface area contributed by atoms with Crippen molar-refractivity contribution < 1.29 is 4.74 Å². The van der Waals surface area contributed by atoms with Gasteiger partial charge < -0.3 is 10.1 Å². The van der Waals surface area contributed by atoms with Gasteiger partial charge in [0.25, 0.3) is 0 Å². The summed E-state index contributed by atoms with van der Waals surface area (Å²) in [6.07, 6.45) is 4.31. The lowest BCUT2D eigenvalue weighted by molar-refractivity contribution is 0.198. The molecule has 0 unspecified atom stereocenters. The van der Waals surface area contributed by atoms with E-state index < -0.39 is 0 Å². The molecule has 1 rings (SSSR count). The van der Waals surface area contributed by atoms with Gasteiger partial charge in [-0.05, 0) is 12.5 Å². The molecule has 0 amide bonds. The summed E-state index contributed by atoms with van der Waals surface area (Å²) in [4.78, 5) is 3.89. The number of pyridine rings is 1. The van der Waals surface area contributed by atoms with Gasteiger partial charge in [-0.3, -0.25) is 4.98 Å². The Morgan fingerprint density at radius 3 is 3.15 bits per heavy atom. The summed E-state index contributed by atoms with van der Waals surface area (Å²) in [6, 6.07) is 1.86. The fourth-order valence-corrected chi connectivity index (χ4v) is 1.14. The average Bonchev–Trinajstić information content (AvgIpc) is 2.15. The van der Waals surface area contributed by atoms with Crippen molar-refractivity contribution >= 4 is 17.3 Å². The third kappa shape index (κ3) is 3.61. The van der Waals surface area contributed by atoms with Gasteiger partial charge in [0.2, 0.25) is 0 Å². The number of aromatic nitrogens is 1. The van der Waals surface area contributed by atoms with E-state index in [4.69, 9.17) is 16.3 Å². The molecule has 1 aromatic heterocycles. The summed E-state index contributed by atoms with van der Waals surface area (Å²) in [7, 11) is 1.69. The number of methoxy groups -OCH3 is 1. The van der Waals surface area contributed by atoms with Crippen LogP contribution in [-0.2, 0) is 4.74 Å². The Hall–Kier alpha value is -0.800. The van der Waals surface area contributed by atoms with Crippen LogP contribution in [0.5, 0.6) is 0 Å². The van der Waals surface area contributed by atoms with Gasteiger partial charge in [0.15, 0.2) is 0 Å². The second-order valence-corrected chi connectivity index (χ2v) is 3.04. The summed E-state index contributed by atoms with van der Waals surface area (Å²) in [5.74, 6) is 0. The molecule has 0 fully saturated rings. The highest BCUT2D eigenvalue weighted by molar-refractivity contribution is 6.33. The SMILES string of the molecule is COCCCNc1ccncc1Cl. The van der Waals surface area contributed by atoms with Crippen molar-refractivity contribution in [2.75, 3.05) is 25.6 Å². The Morgan fingerprint density at radius 2 is 2.46 bits per heavy atom. The van der Waals surface area contributed by atoms with Gasteiger partial charge in [-0.25, -0.2) is 0 Å². The number of rotatable bonds is 5. The predicted octanol–water partition coefficient (Wildman–Crippen LogP) is 2.18. The van der Waals surface area contributed by atoms with Crippen LogP contribution in [-0.4, -0.2) is 25.2 Å². The van der Waals surface area contributed by atoms with Gasteiger partial charge in [-0.1, -0.05) is 11.6 Å². The van der Waals surface area contributed by atoms with E-state index >= 15 is 0 Å². The smallest absolute Gasteiger partial charge is 0.0820 e. The van der Waals surface area contributed by atoms with Crippen LogP contribution in [0.15, 0.2) is 18.5 Å². The molecule has 0 aliphatic heterocycles. The number of ether oxygens (including phenoxy) is 1. The van der Waals surface area contributed by atoms with Gasteiger partial charge >= 0.3 is 0 Å². The molecular weight excluding hydrogens is 188 g/mol. The van der Waals surface area contributed by atoms with Crippen LogP contribution in [0.4, 0.5) is 5.69 Å². The van der Waals surface area contributed by atoms with E-state index in [-0.39, 0.29) is 0 Å². The summed E-state index contributed by atoms with van der Waals surface area (Å²) in [5.41, 5.74) is 0.924. The van der Waals surface area contributed by atoms with Crippen molar-refractivity contribution in [2.24, 2.45) is 0 Å². The van der Waals surface area contributed by atoms with Gasteiger partial charge in [0.1, 0.15) is 0 Å². The van der Waals surface area contributed by atoms with Crippen molar-refractivity contribution in [1.29, 1.82) is 0 Å². The fraction of sp³-hybridized carbons (Fsp3) is 0.444. The highest BCUT2D eigenvalue weighted by Gasteiger charge is 1.96. The fourth-order valence-electron chi connectivity index (χ4n) is 0.958. The highest BCUT2D eigenvalue weighted by atomic mass is 35.5. The molecule has 4 heteroatoms. The minimum Gasteiger partial charge on any atom is -0.385 e. The molecular formula is C9H13ClN2O. The molecule has 0 saturated heterocycles. The molecule has 0 spiro atoms. The lowest BCUT2D eigenvalue weighted by atomic mass is 10.4. The standard InChI is InChI=1S/C9H13ClN2O/c1-13-6-2-4-12-9-3-5-11-7-8(9)10/h3,5,7H,2,4,6H2,1H3,(H,11,12). The topological polar surface area (TPSA) is 34.1 Å². The lowest BCUT2D eigenvalue weighted by Crippen LogP contribution is -2.04. The molecule has 1 heterocycles. The first kappa shape index (κ1) is 10.3. The first-order chi connectivity index (χ1) is 6.34. The molecule has 13 heavy (non-hydrogen) atoms. The predicted molar refractivity (Wildman–Crippen MR) is 54.2 cm³/mol. The summed E-state index contributed by atoms with van der Waals surface area (Å²) >= 11 is 5.88. The molecule has 0 radical (unpaired) electrons. The van der Waals surface area contributed by atoms with E-state index in [1.54, 1.807) is 19.5 Å². The summed E-state index contributed by atoms with van der Waals surface area (Å²) in [5, 5.41) is 3.85. The van der Waals surface area contributed by atoms with E-state index in [9.17, 15) is 0 Å². The van der Waals surface area contributed by atoms with Crippen molar-refractivity contribution in [1.82, 2.24) is 4.98 Å². The molecule has 3 nitrogen and oxygen atoms in total. The summed E-state index contributed by atoms with van der Waals surface area (Å²) in [6.45, 7) is 1.62. The van der Waals surface area contributed by atoms with Gasteiger partial charge in [-0.15, -0.1) is 0 Å². The van der Waals surface area contributed by atoms with Gasteiger partial charge in [0, 0.05) is 32.7 Å². The minimum atomic E-state index is 0.653. The first-order valence-electron chi connectivity index (χ1n) is 4.17. The molecule has 72 valence electrons. The second-order valence-electron chi connectivity index (χ2n) is 2.63. The number of hydrogen-bond donors (Lipinski definition) is 1. The van der Waals surface area contributed by atoms with E-state index in [0.29, 0.717) is 5.02 Å². The van der Waals surface area contributed by atoms with E-state index in [0.717, 1.165) is 25.3 Å². The van der Waals surface area contributed by atoms with Crippen LogP contribution >= 0.6 is 11.6 Å². The van der Waals surface area contributed by atoms with E-state index in [1.807, 2.05) is 6.07 Å². The molecule has 0 aliphatic rings. The second kappa shape index (κ2) is 5.78. The zero-order valence-electron chi connectivity index (χ0n) is 7.59. The van der Waals surface area contributed by atoms with Crippen LogP contribution < -0.4 is 5.32 Å². The van der Waals surface area contributed by atoms with Gasteiger partial charge in [-0.2, -0.15) is 0 Å². The third-order valence-corrected chi connectivity index (χ3v) is 1.91. The Labute approximate surface area is 83.1 Å². The monoisotopic (exact) mass is 200 g/mol. The number of anilines is 1. The largest absolute Gasteiger partial charge is 0.385 e. The molecule has 0 bridgehead atoms. The van der Waals surface area contributed by atoms with Crippen molar-refractivity contribution in [3.8, 4) is 0 Å². The van der Waals surface area contributed by atoms with Crippen LogP contribution in [0.2, 0.25) is 5.02 Å². The maximum Gasteiger partial charge on any atom is 0.0820 e. The molecule has 0 aromatic carbocycles. The van der Waals surface area contributed by atoms with Crippen LogP contribution in [0.1, 0.15) is 6.42 Å². The maximum atomic E-state index is 5.88. The van der Waals surface area contributed by atoms with Crippen molar-refractivity contribution in [2.45, 2.75) is 6.42 Å². The first-order valence-corrected chi connectivity index (χ1v) is 4.54. The minimum absolute atomic E-state index is 0.653. The van der Waals surface area contributed by atoms with Crippen molar-refractivity contribution in [3.05, 3.63) is 23.5 Å². The Morgan fingerprint density at radius 1 is 1.62 bits per heavy atom. The molecule has 1 N–H and O–H groups in total. The van der Waals surface area contributed by atoms with E-state index in [1.165, 1.54) is 0 Å². The van der Waals surface area contributed by atoms with Gasteiger partial charge in [0.05, 0.1) is 10.7 Å². The Balaban J connectivity index is 2.32. The van der Waals surface area contributed by atoms with Crippen LogP contribution in [0.3, 0.4) is 0 Å². The molecule has 0 saturated carbocycles. The van der Waals surface area contributed by atoms with Crippen molar-refractivity contribution in [3.63, 3.8) is 0 Å². The maximum absolute atomic E-state index is 5.88. The zero-order valence-corrected chi connectivity index (χ0v) is 8.34. The third-order valence-electron chi connectivity index (χ3n) is 1.61. The quantitative estimate of drug-likeness (QED) is 0.740. The average molecular weight is 201 g/mol. The molecule has 0 aliphatic carbocycles.